The molecule has 0 aromatic heterocycles. The van der Waals surface area contributed by atoms with E-state index in [2.05, 4.69) is 11.9 Å². The molecule has 1 amide bonds. The first-order chi connectivity index (χ1) is 5.20. The molecule has 0 saturated carbocycles. The zero-order chi connectivity index (χ0) is 8.69. The molecular formula is C8H15NO2. The van der Waals surface area contributed by atoms with E-state index in [-0.39, 0.29) is 18.6 Å². The van der Waals surface area contributed by atoms with Crippen LogP contribution in [0.2, 0.25) is 0 Å². The molecule has 1 atom stereocenters. The Morgan fingerprint density at radius 2 is 2.45 bits per heavy atom. The van der Waals surface area contributed by atoms with Crippen molar-refractivity contribution < 1.29 is 9.90 Å². The van der Waals surface area contributed by atoms with Gasteiger partial charge in [0, 0.05) is 12.5 Å². The van der Waals surface area contributed by atoms with Crippen molar-refractivity contribution in [2.75, 3.05) is 6.61 Å². The molecule has 0 rings (SSSR count). The number of carbonyl (C=O) groups excluding carboxylic acids is 1. The quantitative estimate of drug-likeness (QED) is 0.569. The highest BCUT2D eigenvalue weighted by atomic mass is 16.3. The highest BCUT2D eigenvalue weighted by Gasteiger charge is 2.03. The Morgan fingerprint density at radius 3 is 2.91 bits per heavy atom. The Morgan fingerprint density at radius 1 is 1.82 bits per heavy atom. The summed E-state index contributed by atoms with van der Waals surface area (Å²) in [5.74, 6) is -0.0357. The molecule has 64 valence electrons. The van der Waals surface area contributed by atoms with Crippen molar-refractivity contribution in [2.24, 2.45) is 0 Å². The van der Waals surface area contributed by atoms with Crippen LogP contribution in [0.15, 0.2) is 12.7 Å². The van der Waals surface area contributed by atoms with Gasteiger partial charge in [0.25, 0.3) is 0 Å². The molecule has 0 aliphatic rings. The first kappa shape index (κ1) is 10.2. The van der Waals surface area contributed by atoms with E-state index in [9.17, 15) is 4.79 Å². The van der Waals surface area contributed by atoms with Gasteiger partial charge in [-0.1, -0.05) is 6.08 Å². The van der Waals surface area contributed by atoms with E-state index in [1.165, 1.54) is 0 Å². The fourth-order valence-electron chi connectivity index (χ4n) is 0.626. The SMILES string of the molecule is C=CCCC(=O)NC(C)CO. The molecule has 0 heterocycles. The van der Waals surface area contributed by atoms with Crippen molar-refractivity contribution in [3.63, 3.8) is 0 Å². The molecule has 0 aliphatic carbocycles. The fraction of sp³-hybridized carbons (Fsp3) is 0.625. The van der Waals surface area contributed by atoms with Crippen LogP contribution in [0, 0.1) is 0 Å². The van der Waals surface area contributed by atoms with E-state index < -0.39 is 0 Å². The third-order valence-corrected chi connectivity index (χ3v) is 1.26. The summed E-state index contributed by atoms with van der Waals surface area (Å²) in [4.78, 5) is 10.9. The molecule has 0 saturated heterocycles. The Labute approximate surface area is 67.1 Å². The molecular weight excluding hydrogens is 142 g/mol. The van der Waals surface area contributed by atoms with Crippen LogP contribution in [0.25, 0.3) is 0 Å². The maximum absolute atomic E-state index is 10.9. The lowest BCUT2D eigenvalue weighted by molar-refractivity contribution is -0.121. The van der Waals surface area contributed by atoms with Gasteiger partial charge >= 0.3 is 0 Å². The summed E-state index contributed by atoms with van der Waals surface area (Å²) in [6, 6.07) is -0.146. The highest BCUT2D eigenvalue weighted by molar-refractivity contribution is 5.76. The molecule has 0 radical (unpaired) electrons. The van der Waals surface area contributed by atoms with Crippen LogP contribution in [0.1, 0.15) is 19.8 Å². The van der Waals surface area contributed by atoms with Crippen molar-refractivity contribution in [3.8, 4) is 0 Å². The predicted molar refractivity (Wildman–Crippen MR) is 44.1 cm³/mol. The van der Waals surface area contributed by atoms with Crippen LogP contribution >= 0.6 is 0 Å². The van der Waals surface area contributed by atoms with Gasteiger partial charge in [0.1, 0.15) is 0 Å². The molecule has 0 aromatic rings. The smallest absolute Gasteiger partial charge is 0.220 e. The summed E-state index contributed by atoms with van der Waals surface area (Å²) in [5.41, 5.74) is 0. The average molecular weight is 157 g/mol. The Balaban J connectivity index is 3.43. The second-order valence-corrected chi connectivity index (χ2v) is 2.48. The molecule has 0 spiro atoms. The Bertz CT molecular complexity index is 134. The molecule has 3 heteroatoms. The van der Waals surface area contributed by atoms with Crippen LogP contribution in [0.3, 0.4) is 0 Å². The Kier molecular flexibility index (Phi) is 5.47. The van der Waals surface area contributed by atoms with E-state index in [1.807, 2.05) is 0 Å². The number of aliphatic hydroxyl groups excluding tert-OH is 1. The van der Waals surface area contributed by atoms with Crippen LogP contribution in [-0.4, -0.2) is 23.7 Å². The van der Waals surface area contributed by atoms with E-state index in [0.717, 1.165) is 0 Å². The summed E-state index contributed by atoms with van der Waals surface area (Å²) in [6.45, 7) is 5.24. The number of hydrogen-bond donors (Lipinski definition) is 2. The summed E-state index contributed by atoms with van der Waals surface area (Å²) in [6.07, 6.45) is 2.83. The van der Waals surface area contributed by atoms with E-state index in [1.54, 1.807) is 13.0 Å². The van der Waals surface area contributed by atoms with E-state index in [4.69, 9.17) is 5.11 Å². The number of amides is 1. The second kappa shape index (κ2) is 5.92. The molecule has 3 nitrogen and oxygen atoms in total. The number of carbonyl (C=O) groups is 1. The normalized spacial score (nSPS) is 12.2. The molecule has 1 unspecified atom stereocenters. The van der Waals surface area contributed by atoms with Gasteiger partial charge < -0.3 is 10.4 Å². The zero-order valence-corrected chi connectivity index (χ0v) is 6.84. The third kappa shape index (κ3) is 5.61. The third-order valence-electron chi connectivity index (χ3n) is 1.26. The minimum Gasteiger partial charge on any atom is -0.394 e. The maximum Gasteiger partial charge on any atom is 0.220 e. The summed E-state index contributed by atoms with van der Waals surface area (Å²) in [5, 5.41) is 11.2. The molecule has 2 N–H and O–H groups in total. The highest BCUT2D eigenvalue weighted by Crippen LogP contribution is 1.90. The predicted octanol–water partition coefficient (Wildman–Crippen LogP) is 0.450. The largest absolute Gasteiger partial charge is 0.394 e. The summed E-state index contributed by atoms with van der Waals surface area (Å²) >= 11 is 0. The zero-order valence-electron chi connectivity index (χ0n) is 6.84. The van der Waals surface area contributed by atoms with Gasteiger partial charge in [-0.3, -0.25) is 4.79 Å². The number of hydrogen-bond acceptors (Lipinski definition) is 2. The van der Waals surface area contributed by atoms with Gasteiger partial charge in [-0.05, 0) is 13.3 Å². The van der Waals surface area contributed by atoms with E-state index >= 15 is 0 Å². The summed E-state index contributed by atoms with van der Waals surface area (Å²) in [7, 11) is 0. The standard InChI is InChI=1S/C8H15NO2/c1-3-4-5-8(11)9-7(2)6-10/h3,7,10H,1,4-6H2,2H3,(H,9,11). The number of nitrogens with one attached hydrogen (secondary N) is 1. The topological polar surface area (TPSA) is 49.3 Å². The lowest BCUT2D eigenvalue weighted by Crippen LogP contribution is -2.34. The minimum atomic E-state index is -0.146. The minimum absolute atomic E-state index is 0.0141. The molecule has 0 bridgehead atoms. The summed E-state index contributed by atoms with van der Waals surface area (Å²) < 4.78 is 0. The van der Waals surface area contributed by atoms with Gasteiger partial charge in [0.05, 0.1) is 6.61 Å². The monoisotopic (exact) mass is 157 g/mol. The molecule has 11 heavy (non-hydrogen) atoms. The van der Waals surface area contributed by atoms with Crippen molar-refractivity contribution in [1.82, 2.24) is 5.32 Å². The number of rotatable bonds is 5. The van der Waals surface area contributed by atoms with Crippen molar-refractivity contribution in [3.05, 3.63) is 12.7 Å². The van der Waals surface area contributed by atoms with Gasteiger partial charge in [-0.25, -0.2) is 0 Å². The number of allylic oxidation sites excluding steroid dienone is 1. The van der Waals surface area contributed by atoms with Crippen LogP contribution in [0.5, 0.6) is 0 Å². The first-order valence-electron chi connectivity index (χ1n) is 3.71. The Hall–Kier alpha value is -0.830. The van der Waals surface area contributed by atoms with Crippen molar-refractivity contribution in [2.45, 2.75) is 25.8 Å². The van der Waals surface area contributed by atoms with Crippen molar-refractivity contribution >= 4 is 5.91 Å². The number of aliphatic hydroxyl groups is 1. The lowest BCUT2D eigenvalue weighted by Gasteiger charge is -2.09. The van der Waals surface area contributed by atoms with Gasteiger partial charge in [-0.15, -0.1) is 6.58 Å². The second-order valence-electron chi connectivity index (χ2n) is 2.48. The van der Waals surface area contributed by atoms with Gasteiger partial charge in [0.15, 0.2) is 0 Å². The van der Waals surface area contributed by atoms with Crippen LogP contribution < -0.4 is 5.32 Å². The molecule has 0 aromatic carbocycles. The van der Waals surface area contributed by atoms with Crippen LogP contribution in [0.4, 0.5) is 0 Å². The lowest BCUT2D eigenvalue weighted by atomic mass is 10.2. The van der Waals surface area contributed by atoms with E-state index in [0.29, 0.717) is 12.8 Å². The van der Waals surface area contributed by atoms with Crippen LogP contribution in [-0.2, 0) is 4.79 Å². The molecule has 0 fully saturated rings. The average Bonchev–Trinajstić information content (AvgIpc) is 2.00. The van der Waals surface area contributed by atoms with Crippen molar-refractivity contribution in [1.29, 1.82) is 0 Å². The maximum atomic E-state index is 10.9. The molecule has 0 aliphatic heterocycles. The first-order valence-corrected chi connectivity index (χ1v) is 3.71. The van der Waals surface area contributed by atoms with Gasteiger partial charge in [-0.2, -0.15) is 0 Å². The van der Waals surface area contributed by atoms with Gasteiger partial charge in [0.2, 0.25) is 5.91 Å². The fourth-order valence-corrected chi connectivity index (χ4v) is 0.626.